The molecule has 0 heterocycles. The third kappa shape index (κ3) is 6.08. The van der Waals surface area contributed by atoms with Crippen molar-refractivity contribution in [3.63, 3.8) is 0 Å². The van der Waals surface area contributed by atoms with Gasteiger partial charge in [-0.25, -0.2) is 0 Å². The van der Waals surface area contributed by atoms with Crippen LogP contribution in [0.25, 0.3) is 0 Å². The number of unbranched alkanes of at least 4 members (excludes halogenated alkanes) is 1. The van der Waals surface area contributed by atoms with Gasteiger partial charge in [0.2, 0.25) is 0 Å². The van der Waals surface area contributed by atoms with E-state index in [2.05, 4.69) is 0 Å². The number of para-hydroxylation sites is 1. The zero-order valence-electron chi connectivity index (χ0n) is 17.5. The Labute approximate surface area is 173 Å². The van der Waals surface area contributed by atoms with Crippen molar-refractivity contribution in [2.75, 3.05) is 6.61 Å². The first-order valence-electron chi connectivity index (χ1n) is 10.2. The number of esters is 2. The van der Waals surface area contributed by atoms with Crippen molar-refractivity contribution in [1.82, 2.24) is 0 Å². The fraction of sp³-hybridized carbons (Fsp3) is 0.417. The largest absolute Gasteiger partial charge is 0.465 e. The smallest absolute Gasteiger partial charge is 0.323 e. The van der Waals surface area contributed by atoms with E-state index in [0.29, 0.717) is 25.2 Å². The summed E-state index contributed by atoms with van der Waals surface area (Å²) in [5.41, 5.74) is -0.474. The summed E-state index contributed by atoms with van der Waals surface area (Å²) in [7, 11) is 0. The van der Waals surface area contributed by atoms with Gasteiger partial charge in [-0.3, -0.25) is 9.59 Å². The zero-order chi connectivity index (χ0) is 21.1. The van der Waals surface area contributed by atoms with Crippen LogP contribution >= 0.6 is 0 Å². The second kappa shape index (κ2) is 11.2. The molecule has 156 valence electrons. The number of hydrogen-bond acceptors (Lipinski definition) is 5. The fourth-order valence-electron chi connectivity index (χ4n) is 2.97. The number of carbonyl (C=O) groups is 2. The lowest BCUT2D eigenvalue weighted by Crippen LogP contribution is -2.41. The minimum Gasteiger partial charge on any atom is -0.465 e. The lowest BCUT2D eigenvalue weighted by atomic mass is 9.82. The molecule has 0 atom stereocenters. The summed E-state index contributed by atoms with van der Waals surface area (Å²) < 4.78 is 16.7. The first-order chi connectivity index (χ1) is 14.1. The van der Waals surface area contributed by atoms with E-state index < -0.39 is 17.4 Å². The Balaban J connectivity index is 2.02. The second-order valence-electron chi connectivity index (χ2n) is 6.92. The van der Waals surface area contributed by atoms with Crippen LogP contribution in [0, 0.1) is 5.41 Å². The summed E-state index contributed by atoms with van der Waals surface area (Å²) in [5.74, 6) is 0.342. The van der Waals surface area contributed by atoms with Gasteiger partial charge in [-0.15, -0.1) is 0 Å². The Bertz CT molecular complexity index is 781. The van der Waals surface area contributed by atoms with E-state index in [-0.39, 0.29) is 6.61 Å². The molecule has 0 saturated carbocycles. The van der Waals surface area contributed by atoms with Gasteiger partial charge in [-0.05, 0) is 49.1 Å². The second-order valence-corrected chi connectivity index (χ2v) is 6.92. The van der Waals surface area contributed by atoms with Crippen LogP contribution in [0.2, 0.25) is 0 Å². The normalized spacial score (nSPS) is 11.0. The van der Waals surface area contributed by atoms with Crippen LogP contribution in [-0.4, -0.2) is 18.5 Å². The molecule has 29 heavy (non-hydrogen) atoms. The monoisotopic (exact) mass is 398 g/mol. The third-order valence-corrected chi connectivity index (χ3v) is 4.97. The Morgan fingerprint density at radius 1 is 0.828 bits per heavy atom. The molecule has 0 spiro atoms. The van der Waals surface area contributed by atoms with Crippen molar-refractivity contribution in [3.05, 3.63) is 60.2 Å². The Kier molecular flexibility index (Phi) is 8.71. The van der Waals surface area contributed by atoms with Gasteiger partial charge < -0.3 is 14.2 Å². The molecule has 2 aromatic rings. The summed E-state index contributed by atoms with van der Waals surface area (Å²) in [4.78, 5) is 25.4. The highest BCUT2D eigenvalue weighted by Gasteiger charge is 2.45. The summed E-state index contributed by atoms with van der Waals surface area (Å²) in [5, 5.41) is 0. The van der Waals surface area contributed by atoms with E-state index in [1.54, 1.807) is 13.8 Å². The molecule has 0 aliphatic rings. The summed E-state index contributed by atoms with van der Waals surface area (Å²) >= 11 is 0. The average molecular weight is 398 g/mol. The highest BCUT2D eigenvalue weighted by molar-refractivity contribution is 6.00. The molecular formula is C24H30O5. The van der Waals surface area contributed by atoms with E-state index in [4.69, 9.17) is 14.2 Å². The molecule has 0 aliphatic heterocycles. The third-order valence-electron chi connectivity index (χ3n) is 4.97. The summed E-state index contributed by atoms with van der Waals surface area (Å²) in [6.45, 7) is 6.02. The van der Waals surface area contributed by atoms with E-state index in [9.17, 15) is 9.59 Å². The molecule has 2 aromatic carbocycles. The molecule has 0 aromatic heterocycles. The standard InChI is InChI=1S/C24H30O5/c1-4-7-16-27-22(25)24(5-2,6-3)23(26)28-18-19-12-11-15-21(17-19)29-20-13-9-8-10-14-20/h8-15,17H,4-7,16,18H2,1-3H3. The van der Waals surface area contributed by atoms with Crippen molar-refractivity contribution < 1.29 is 23.8 Å². The number of ether oxygens (including phenoxy) is 3. The van der Waals surface area contributed by atoms with Crippen molar-refractivity contribution in [2.24, 2.45) is 5.41 Å². The van der Waals surface area contributed by atoms with Gasteiger partial charge in [0.1, 0.15) is 18.1 Å². The van der Waals surface area contributed by atoms with Crippen molar-refractivity contribution in [2.45, 2.75) is 53.1 Å². The molecule has 5 nitrogen and oxygen atoms in total. The first-order valence-corrected chi connectivity index (χ1v) is 10.2. The maximum absolute atomic E-state index is 12.8. The van der Waals surface area contributed by atoms with Gasteiger partial charge in [-0.2, -0.15) is 0 Å². The lowest BCUT2D eigenvalue weighted by molar-refractivity contribution is -0.174. The Morgan fingerprint density at radius 3 is 2.14 bits per heavy atom. The molecule has 0 unspecified atom stereocenters. The zero-order valence-corrected chi connectivity index (χ0v) is 17.5. The molecule has 5 heteroatoms. The van der Waals surface area contributed by atoms with E-state index in [1.165, 1.54) is 0 Å². The quantitative estimate of drug-likeness (QED) is 0.277. The number of hydrogen-bond donors (Lipinski definition) is 0. The molecule has 2 rings (SSSR count). The molecule has 0 amide bonds. The number of benzene rings is 2. The van der Waals surface area contributed by atoms with Gasteiger partial charge in [0.05, 0.1) is 6.61 Å². The van der Waals surface area contributed by atoms with Gasteiger partial charge >= 0.3 is 11.9 Å². The van der Waals surface area contributed by atoms with Crippen LogP contribution in [0.4, 0.5) is 0 Å². The van der Waals surface area contributed by atoms with Crippen LogP contribution in [0.15, 0.2) is 54.6 Å². The predicted octanol–water partition coefficient (Wildman–Crippen LogP) is 5.67. The molecular weight excluding hydrogens is 368 g/mol. The van der Waals surface area contributed by atoms with Gasteiger partial charge in [0.15, 0.2) is 5.41 Å². The van der Waals surface area contributed by atoms with Gasteiger partial charge in [0.25, 0.3) is 0 Å². The number of carbonyl (C=O) groups excluding carboxylic acids is 2. The lowest BCUT2D eigenvalue weighted by Gasteiger charge is -2.27. The fourth-order valence-corrected chi connectivity index (χ4v) is 2.97. The van der Waals surface area contributed by atoms with Crippen molar-refractivity contribution >= 4 is 11.9 Å². The molecule has 0 saturated heterocycles. The minimum atomic E-state index is -1.26. The molecule has 0 radical (unpaired) electrons. The maximum Gasteiger partial charge on any atom is 0.323 e. The van der Waals surface area contributed by atoms with E-state index in [1.807, 2.05) is 61.5 Å². The van der Waals surface area contributed by atoms with Crippen molar-refractivity contribution in [3.8, 4) is 11.5 Å². The molecule has 0 fully saturated rings. The van der Waals surface area contributed by atoms with Gasteiger partial charge in [0, 0.05) is 0 Å². The molecule has 0 N–H and O–H groups in total. The summed E-state index contributed by atoms with van der Waals surface area (Å²) in [6.07, 6.45) is 2.37. The van der Waals surface area contributed by atoms with Crippen LogP contribution in [-0.2, 0) is 25.7 Å². The maximum atomic E-state index is 12.8. The number of rotatable bonds is 11. The molecule has 0 aliphatic carbocycles. The van der Waals surface area contributed by atoms with Crippen molar-refractivity contribution in [1.29, 1.82) is 0 Å². The average Bonchev–Trinajstić information content (AvgIpc) is 2.75. The Hall–Kier alpha value is -2.82. The van der Waals surface area contributed by atoms with Crippen LogP contribution in [0.1, 0.15) is 52.0 Å². The van der Waals surface area contributed by atoms with Gasteiger partial charge in [-0.1, -0.05) is 57.5 Å². The summed E-state index contributed by atoms with van der Waals surface area (Å²) in [6, 6.07) is 16.8. The highest BCUT2D eigenvalue weighted by Crippen LogP contribution is 2.31. The first kappa shape index (κ1) is 22.5. The predicted molar refractivity (Wildman–Crippen MR) is 112 cm³/mol. The van der Waals surface area contributed by atoms with Crippen LogP contribution < -0.4 is 4.74 Å². The van der Waals surface area contributed by atoms with Crippen LogP contribution in [0.3, 0.4) is 0 Å². The molecule has 0 bridgehead atoms. The SMILES string of the molecule is CCCCOC(=O)C(CC)(CC)C(=O)OCc1cccc(Oc2ccccc2)c1. The minimum absolute atomic E-state index is 0.0643. The highest BCUT2D eigenvalue weighted by atomic mass is 16.6. The topological polar surface area (TPSA) is 61.8 Å². The van der Waals surface area contributed by atoms with E-state index in [0.717, 1.165) is 24.2 Å². The Morgan fingerprint density at radius 2 is 1.48 bits per heavy atom. The van der Waals surface area contributed by atoms with E-state index >= 15 is 0 Å². The van der Waals surface area contributed by atoms with Crippen LogP contribution in [0.5, 0.6) is 11.5 Å².